The average molecular weight is 220 g/mol. The third-order valence-electron chi connectivity index (χ3n) is 1.62. The van der Waals surface area contributed by atoms with E-state index in [9.17, 15) is 13.6 Å². The predicted molar refractivity (Wildman–Crippen MR) is 49.4 cm³/mol. The van der Waals surface area contributed by atoms with Crippen LogP contribution in [0.2, 0.25) is 5.02 Å². The Morgan fingerprint density at radius 3 is 2.71 bits per heavy atom. The highest BCUT2D eigenvalue weighted by molar-refractivity contribution is 6.34. The summed E-state index contributed by atoms with van der Waals surface area (Å²) in [7, 11) is 0. The van der Waals surface area contributed by atoms with Crippen LogP contribution in [0.1, 0.15) is 17.3 Å². The topological polar surface area (TPSA) is 29.1 Å². The van der Waals surface area contributed by atoms with E-state index in [0.717, 1.165) is 12.1 Å². The molecule has 1 aromatic rings. The van der Waals surface area contributed by atoms with Gasteiger partial charge in [0.25, 0.3) is 5.91 Å². The van der Waals surface area contributed by atoms with Gasteiger partial charge >= 0.3 is 0 Å². The Balaban J connectivity index is 3.11. The Hall–Kier alpha value is -1.16. The third-order valence-corrected chi connectivity index (χ3v) is 1.99. The normalized spacial score (nSPS) is 10.0. The van der Waals surface area contributed by atoms with E-state index in [0.29, 0.717) is 6.54 Å². The molecule has 1 N–H and O–H groups in total. The fourth-order valence-corrected chi connectivity index (χ4v) is 1.20. The van der Waals surface area contributed by atoms with Crippen molar-refractivity contribution in [3.05, 3.63) is 34.4 Å². The van der Waals surface area contributed by atoms with Gasteiger partial charge < -0.3 is 5.32 Å². The number of halogens is 3. The molecule has 0 radical (unpaired) electrons. The van der Waals surface area contributed by atoms with Crippen molar-refractivity contribution in [2.75, 3.05) is 6.54 Å². The highest BCUT2D eigenvalue weighted by Crippen LogP contribution is 2.22. The van der Waals surface area contributed by atoms with Crippen molar-refractivity contribution in [3.63, 3.8) is 0 Å². The zero-order valence-electron chi connectivity index (χ0n) is 7.40. The molecule has 5 heteroatoms. The van der Waals surface area contributed by atoms with E-state index >= 15 is 0 Å². The van der Waals surface area contributed by atoms with Gasteiger partial charge in [-0.25, -0.2) is 8.78 Å². The van der Waals surface area contributed by atoms with Gasteiger partial charge in [0.05, 0.1) is 10.6 Å². The summed E-state index contributed by atoms with van der Waals surface area (Å²) in [6.45, 7) is 2.11. The molecule has 1 aromatic carbocycles. The second-order valence-electron chi connectivity index (χ2n) is 2.58. The van der Waals surface area contributed by atoms with Crippen molar-refractivity contribution in [2.45, 2.75) is 6.92 Å². The van der Waals surface area contributed by atoms with Gasteiger partial charge in [-0.05, 0) is 19.1 Å². The average Bonchev–Trinajstić information content (AvgIpc) is 2.15. The van der Waals surface area contributed by atoms with E-state index < -0.39 is 22.6 Å². The van der Waals surface area contributed by atoms with Gasteiger partial charge in [-0.1, -0.05) is 11.6 Å². The van der Waals surface area contributed by atoms with Gasteiger partial charge in [-0.15, -0.1) is 0 Å². The minimum Gasteiger partial charge on any atom is -0.352 e. The molecule has 2 nitrogen and oxygen atoms in total. The van der Waals surface area contributed by atoms with Crippen LogP contribution in [0.4, 0.5) is 8.78 Å². The molecule has 0 heterocycles. The molecule has 0 saturated carbocycles. The Morgan fingerprint density at radius 1 is 1.50 bits per heavy atom. The fourth-order valence-electron chi connectivity index (χ4n) is 0.957. The maximum atomic E-state index is 12.9. The Kier molecular flexibility index (Phi) is 3.41. The molecule has 0 fully saturated rings. The summed E-state index contributed by atoms with van der Waals surface area (Å²) < 4.78 is 25.5. The van der Waals surface area contributed by atoms with Gasteiger partial charge in [0.2, 0.25) is 0 Å². The lowest BCUT2D eigenvalue weighted by molar-refractivity contribution is 0.0955. The molecule has 0 bridgehead atoms. The molecule has 0 aliphatic carbocycles. The van der Waals surface area contributed by atoms with Gasteiger partial charge in [0.15, 0.2) is 11.6 Å². The van der Waals surface area contributed by atoms with Gasteiger partial charge in [0, 0.05) is 6.54 Å². The summed E-state index contributed by atoms with van der Waals surface area (Å²) >= 11 is 5.45. The number of nitrogens with one attached hydrogen (secondary N) is 1. The zero-order valence-corrected chi connectivity index (χ0v) is 8.16. The quantitative estimate of drug-likeness (QED) is 0.761. The van der Waals surface area contributed by atoms with Crippen molar-refractivity contribution in [2.24, 2.45) is 0 Å². The molecule has 0 spiro atoms. The maximum Gasteiger partial charge on any atom is 0.252 e. The summed E-state index contributed by atoms with van der Waals surface area (Å²) in [4.78, 5) is 11.2. The number of benzene rings is 1. The van der Waals surface area contributed by atoms with Crippen LogP contribution in [0, 0.1) is 11.6 Å². The monoisotopic (exact) mass is 219 g/mol. The van der Waals surface area contributed by atoms with Crippen LogP contribution in [0.25, 0.3) is 0 Å². The van der Waals surface area contributed by atoms with E-state index in [1.165, 1.54) is 0 Å². The van der Waals surface area contributed by atoms with Crippen LogP contribution >= 0.6 is 11.6 Å². The van der Waals surface area contributed by atoms with Crippen molar-refractivity contribution < 1.29 is 13.6 Å². The van der Waals surface area contributed by atoms with E-state index in [-0.39, 0.29) is 5.56 Å². The van der Waals surface area contributed by atoms with E-state index in [1.807, 2.05) is 0 Å². The van der Waals surface area contributed by atoms with Crippen LogP contribution in [-0.2, 0) is 0 Å². The fraction of sp³-hybridized carbons (Fsp3) is 0.222. The number of carbonyl (C=O) groups excluding carboxylic acids is 1. The van der Waals surface area contributed by atoms with Gasteiger partial charge in [0.1, 0.15) is 0 Å². The predicted octanol–water partition coefficient (Wildman–Crippen LogP) is 2.37. The third kappa shape index (κ3) is 2.01. The summed E-state index contributed by atoms with van der Waals surface area (Å²) in [5.41, 5.74) is -0.0626. The zero-order chi connectivity index (χ0) is 10.7. The summed E-state index contributed by atoms with van der Waals surface area (Å²) in [5, 5.41) is 1.95. The summed E-state index contributed by atoms with van der Waals surface area (Å²) in [6, 6.07) is 2.01. The van der Waals surface area contributed by atoms with E-state index in [4.69, 9.17) is 11.6 Å². The summed E-state index contributed by atoms with van der Waals surface area (Å²) in [5.74, 6) is -2.78. The first-order valence-electron chi connectivity index (χ1n) is 3.99. The number of rotatable bonds is 2. The van der Waals surface area contributed by atoms with E-state index in [1.54, 1.807) is 6.92 Å². The van der Waals surface area contributed by atoms with Crippen LogP contribution in [0.5, 0.6) is 0 Å². The van der Waals surface area contributed by atoms with Crippen LogP contribution in [-0.4, -0.2) is 12.5 Å². The molecule has 0 aromatic heterocycles. The number of hydrogen-bond acceptors (Lipinski definition) is 1. The molecule has 1 rings (SSSR count). The number of carbonyl (C=O) groups is 1. The molecule has 0 saturated heterocycles. The molecule has 0 atom stereocenters. The van der Waals surface area contributed by atoms with Crippen molar-refractivity contribution in [1.29, 1.82) is 0 Å². The smallest absolute Gasteiger partial charge is 0.252 e. The Labute approximate surface area is 84.9 Å². The van der Waals surface area contributed by atoms with Crippen molar-refractivity contribution >= 4 is 17.5 Å². The first-order valence-corrected chi connectivity index (χ1v) is 4.37. The second kappa shape index (κ2) is 4.37. The van der Waals surface area contributed by atoms with Crippen LogP contribution in [0.15, 0.2) is 12.1 Å². The lowest BCUT2D eigenvalue weighted by Gasteiger charge is -2.05. The first kappa shape index (κ1) is 10.9. The Morgan fingerprint density at radius 2 is 2.14 bits per heavy atom. The largest absolute Gasteiger partial charge is 0.352 e. The highest BCUT2D eigenvalue weighted by atomic mass is 35.5. The van der Waals surface area contributed by atoms with Crippen LogP contribution < -0.4 is 5.32 Å². The van der Waals surface area contributed by atoms with Gasteiger partial charge in [-0.3, -0.25) is 4.79 Å². The van der Waals surface area contributed by atoms with Gasteiger partial charge in [-0.2, -0.15) is 0 Å². The molecular formula is C9H8ClF2NO. The Bertz CT molecular complexity index is 368. The first-order chi connectivity index (χ1) is 6.57. The number of amides is 1. The highest BCUT2D eigenvalue weighted by Gasteiger charge is 2.16. The molecular weight excluding hydrogens is 212 g/mol. The van der Waals surface area contributed by atoms with Crippen LogP contribution in [0.3, 0.4) is 0 Å². The molecule has 1 amide bonds. The summed E-state index contributed by atoms with van der Waals surface area (Å²) in [6.07, 6.45) is 0. The van der Waals surface area contributed by atoms with E-state index in [2.05, 4.69) is 5.32 Å². The maximum absolute atomic E-state index is 12.9. The molecule has 14 heavy (non-hydrogen) atoms. The molecule has 0 aliphatic heterocycles. The molecule has 0 aliphatic rings. The SMILES string of the molecule is CCNC(=O)c1ccc(F)c(F)c1Cl. The second-order valence-corrected chi connectivity index (χ2v) is 2.96. The standard InChI is InChI=1S/C9H8ClF2NO/c1-2-13-9(14)5-3-4-6(11)8(12)7(5)10/h3-4H,2H2,1H3,(H,13,14). The minimum atomic E-state index is -1.20. The lowest BCUT2D eigenvalue weighted by atomic mass is 10.2. The van der Waals surface area contributed by atoms with Crippen molar-refractivity contribution in [3.8, 4) is 0 Å². The molecule has 76 valence electrons. The molecule has 0 unspecified atom stereocenters. The minimum absolute atomic E-state index is 0.0626. The lowest BCUT2D eigenvalue weighted by Crippen LogP contribution is -2.23. The van der Waals surface area contributed by atoms with Crippen molar-refractivity contribution in [1.82, 2.24) is 5.32 Å². The number of hydrogen-bond donors (Lipinski definition) is 1.